The van der Waals surface area contributed by atoms with E-state index in [0.717, 1.165) is 23.7 Å². The highest BCUT2D eigenvalue weighted by Crippen LogP contribution is 2.54. The van der Waals surface area contributed by atoms with E-state index in [1.807, 2.05) is 11.1 Å². The summed E-state index contributed by atoms with van der Waals surface area (Å²) in [6.07, 6.45) is 13.3. The molecule has 2 saturated carbocycles. The van der Waals surface area contributed by atoms with E-state index in [1.54, 1.807) is 0 Å². The minimum absolute atomic E-state index is 0.955. The first-order valence-electron chi connectivity index (χ1n) is 8.03. The van der Waals surface area contributed by atoms with Crippen LogP contribution in [0.1, 0.15) is 71.6 Å². The number of allylic oxidation sites excluding steroid dienone is 2. The highest BCUT2D eigenvalue weighted by atomic mass is 14.5. The van der Waals surface area contributed by atoms with Gasteiger partial charge >= 0.3 is 0 Å². The van der Waals surface area contributed by atoms with Crippen LogP contribution in [0.3, 0.4) is 0 Å². The van der Waals surface area contributed by atoms with Crippen LogP contribution in [0.4, 0.5) is 0 Å². The van der Waals surface area contributed by atoms with E-state index in [1.165, 1.54) is 57.8 Å². The predicted molar refractivity (Wildman–Crippen MR) is 73.9 cm³/mol. The molecule has 4 unspecified atom stereocenters. The first-order valence-corrected chi connectivity index (χ1v) is 8.03. The van der Waals surface area contributed by atoms with Crippen molar-refractivity contribution in [3.63, 3.8) is 0 Å². The topological polar surface area (TPSA) is 0 Å². The standard InChI is InChI=1S/C17H28/c1-3-13-9-10-16-14-7-5-4-6-8-15(14)17(16)11-12(13)2/h12-14,16H,3-11H2,1-2H3. The molecule has 0 radical (unpaired) electrons. The molecular formula is C17H28. The van der Waals surface area contributed by atoms with Crippen molar-refractivity contribution in [3.05, 3.63) is 11.1 Å². The second-order valence-electron chi connectivity index (χ2n) is 6.79. The average Bonchev–Trinajstić information content (AvgIpc) is 2.60. The lowest BCUT2D eigenvalue weighted by atomic mass is 9.63. The molecule has 4 atom stereocenters. The van der Waals surface area contributed by atoms with Crippen LogP contribution in [0.5, 0.6) is 0 Å². The fourth-order valence-electron chi connectivity index (χ4n) is 4.90. The maximum atomic E-state index is 2.51. The van der Waals surface area contributed by atoms with E-state index in [2.05, 4.69) is 13.8 Å². The fourth-order valence-corrected chi connectivity index (χ4v) is 4.90. The van der Waals surface area contributed by atoms with Gasteiger partial charge in [0.25, 0.3) is 0 Å². The largest absolute Gasteiger partial charge is 0.0670 e. The van der Waals surface area contributed by atoms with Crippen molar-refractivity contribution in [1.82, 2.24) is 0 Å². The van der Waals surface area contributed by atoms with E-state index in [4.69, 9.17) is 0 Å². The van der Waals surface area contributed by atoms with Gasteiger partial charge in [0.05, 0.1) is 0 Å². The Labute approximate surface area is 107 Å². The maximum Gasteiger partial charge on any atom is -0.0134 e. The minimum Gasteiger partial charge on any atom is -0.0670 e. The second-order valence-corrected chi connectivity index (χ2v) is 6.79. The van der Waals surface area contributed by atoms with Gasteiger partial charge in [-0.3, -0.25) is 0 Å². The van der Waals surface area contributed by atoms with Crippen molar-refractivity contribution in [3.8, 4) is 0 Å². The van der Waals surface area contributed by atoms with E-state index in [9.17, 15) is 0 Å². The first-order chi connectivity index (χ1) is 8.31. The summed E-state index contributed by atoms with van der Waals surface area (Å²) in [5, 5.41) is 0. The molecular weight excluding hydrogens is 204 g/mol. The van der Waals surface area contributed by atoms with E-state index >= 15 is 0 Å². The third-order valence-corrected chi connectivity index (χ3v) is 5.97. The Morgan fingerprint density at radius 3 is 2.59 bits per heavy atom. The van der Waals surface area contributed by atoms with Gasteiger partial charge in [0.15, 0.2) is 0 Å². The van der Waals surface area contributed by atoms with Crippen LogP contribution >= 0.6 is 0 Å². The third-order valence-electron chi connectivity index (χ3n) is 5.97. The Hall–Kier alpha value is -0.260. The van der Waals surface area contributed by atoms with Crippen molar-refractivity contribution in [2.75, 3.05) is 0 Å². The summed E-state index contributed by atoms with van der Waals surface area (Å²) in [6.45, 7) is 4.90. The molecule has 96 valence electrons. The lowest BCUT2D eigenvalue weighted by Crippen LogP contribution is -2.30. The van der Waals surface area contributed by atoms with Gasteiger partial charge in [-0.05, 0) is 62.2 Å². The van der Waals surface area contributed by atoms with Gasteiger partial charge in [0.2, 0.25) is 0 Å². The highest BCUT2D eigenvalue weighted by Gasteiger charge is 2.42. The molecule has 0 amide bonds. The minimum atomic E-state index is 0.955. The molecule has 0 bridgehead atoms. The molecule has 0 heteroatoms. The normalized spacial score (nSPS) is 42.0. The van der Waals surface area contributed by atoms with Crippen LogP contribution in [0, 0.1) is 23.7 Å². The van der Waals surface area contributed by atoms with Crippen molar-refractivity contribution in [2.24, 2.45) is 23.7 Å². The predicted octanol–water partition coefficient (Wildman–Crippen LogP) is 5.34. The molecule has 17 heavy (non-hydrogen) atoms. The zero-order valence-corrected chi connectivity index (χ0v) is 11.7. The van der Waals surface area contributed by atoms with E-state index < -0.39 is 0 Å². The molecule has 0 saturated heterocycles. The van der Waals surface area contributed by atoms with Gasteiger partial charge in [-0.15, -0.1) is 0 Å². The summed E-state index contributed by atoms with van der Waals surface area (Å²) in [7, 11) is 0. The molecule has 0 spiro atoms. The maximum absolute atomic E-state index is 2.51. The van der Waals surface area contributed by atoms with Gasteiger partial charge < -0.3 is 0 Å². The highest BCUT2D eigenvalue weighted by molar-refractivity contribution is 5.34. The average molecular weight is 232 g/mol. The van der Waals surface area contributed by atoms with Gasteiger partial charge in [-0.1, -0.05) is 44.3 Å². The van der Waals surface area contributed by atoms with Gasteiger partial charge in [0, 0.05) is 0 Å². The second kappa shape index (κ2) is 4.78. The van der Waals surface area contributed by atoms with Crippen molar-refractivity contribution < 1.29 is 0 Å². The summed E-state index contributed by atoms with van der Waals surface area (Å²) >= 11 is 0. The molecule has 0 aliphatic heterocycles. The summed E-state index contributed by atoms with van der Waals surface area (Å²) in [4.78, 5) is 0. The van der Waals surface area contributed by atoms with Crippen LogP contribution in [-0.4, -0.2) is 0 Å². The monoisotopic (exact) mass is 232 g/mol. The molecule has 0 aromatic rings. The molecule has 0 N–H and O–H groups in total. The third kappa shape index (κ3) is 1.98. The lowest BCUT2D eigenvalue weighted by Gasteiger charge is -2.42. The lowest BCUT2D eigenvalue weighted by molar-refractivity contribution is 0.306. The van der Waals surface area contributed by atoms with E-state index in [-0.39, 0.29) is 0 Å². The molecule has 0 nitrogen and oxygen atoms in total. The summed E-state index contributed by atoms with van der Waals surface area (Å²) in [5.74, 6) is 4.03. The Morgan fingerprint density at radius 1 is 0.941 bits per heavy atom. The number of hydrogen-bond donors (Lipinski definition) is 0. The van der Waals surface area contributed by atoms with Crippen molar-refractivity contribution >= 4 is 0 Å². The molecule has 3 rings (SSSR count). The van der Waals surface area contributed by atoms with Crippen molar-refractivity contribution in [2.45, 2.75) is 71.6 Å². The molecule has 0 aromatic carbocycles. The summed E-state index contributed by atoms with van der Waals surface area (Å²) in [6, 6.07) is 0. The van der Waals surface area contributed by atoms with Crippen LogP contribution in [0.25, 0.3) is 0 Å². The number of hydrogen-bond acceptors (Lipinski definition) is 0. The van der Waals surface area contributed by atoms with Gasteiger partial charge in [-0.2, -0.15) is 0 Å². The van der Waals surface area contributed by atoms with Crippen LogP contribution in [0.2, 0.25) is 0 Å². The zero-order chi connectivity index (χ0) is 11.8. The molecule has 0 heterocycles. The first kappa shape index (κ1) is 11.8. The Bertz CT molecular complexity index is 312. The Morgan fingerprint density at radius 2 is 1.76 bits per heavy atom. The quantitative estimate of drug-likeness (QED) is 0.535. The number of fused-ring (bicyclic) bond motifs is 3. The molecule has 3 aliphatic rings. The van der Waals surface area contributed by atoms with Gasteiger partial charge in [0.1, 0.15) is 0 Å². The van der Waals surface area contributed by atoms with Crippen molar-refractivity contribution in [1.29, 1.82) is 0 Å². The SMILES string of the molecule is CCC1CCC2C(=C3CCCCCC32)CC1C. The Kier molecular flexibility index (Phi) is 3.32. The van der Waals surface area contributed by atoms with Crippen LogP contribution < -0.4 is 0 Å². The smallest absolute Gasteiger partial charge is 0.0134 e. The molecule has 3 aliphatic carbocycles. The fraction of sp³-hybridized carbons (Fsp3) is 0.882. The van der Waals surface area contributed by atoms with Crippen LogP contribution in [-0.2, 0) is 0 Å². The number of rotatable bonds is 1. The summed E-state index contributed by atoms with van der Waals surface area (Å²) in [5.41, 5.74) is 3.89. The Balaban J connectivity index is 1.80. The molecule has 2 fully saturated rings. The molecule has 0 aromatic heterocycles. The summed E-state index contributed by atoms with van der Waals surface area (Å²) < 4.78 is 0. The van der Waals surface area contributed by atoms with Gasteiger partial charge in [-0.25, -0.2) is 0 Å². The zero-order valence-electron chi connectivity index (χ0n) is 11.7. The van der Waals surface area contributed by atoms with E-state index in [0.29, 0.717) is 0 Å². The van der Waals surface area contributed by atoms with Crippen LogP contribution in [0.15, 0.2) is 11.1 Å².